The van der Waals surface area contributed by atoms with Crippen LogP contribution in [0.1, 0.15) is 39.0 Å². The van der Waals surface area contributed by atoms with E-state index < -0.39 is 10.2 Å². The average Bonchev–Trinajstić information content (AvgIpc) is 2.94. The Labute approximate surface area is 109 Å². The van der Waals surface area contributed by atoms with Crippen LogP contribution in [0.3, 0.4) is 0 Å². The highest BCUT2D eigenvalue weighted by atomic mass is 32.2. The quantitative estimate of drug-likeness (QED) is 0.784. The molecule has 0 radical (unpaired) electrons. The number of fused-ring (bicyclic) bond motifs is 2. The predicted molar refractivity (Wildman–Crippen MR) is 70.4 cm³/mol. The molecule has 0 aromatic rings. The van der Waals surface area contributed by atoms with Crippen molar-refractivity contribution in [1.29, 1.82) is 0 Å². The molecule has 0 spiro atoms. The number of hydrogen-bond acceptors (Lipinski definition) is 3. The summed E-state index contributed by atoms with van der Waals surface area (Å²) < 4.78 is 29.5. The second kappa shape index (κ2) is 4.74. The molecule has 2 N–H and O–H groups in total. The lowest BCUT2D eigenvalue weighted by Gasteiger charge is -2.33. The molecule has 0 amide bonds. The van der Waals surface area contributed by atoms with E-state index in [1.165, 1.54) is 6.42 Å². The van der Waals surface area contributed by atoms with E-state index in [-0.39, 0.29) is 18.1 Å². The maximum absolute atomic E-state index is 12.4. The van der Waals surface area contributed by atoms with Gasteiger partial charge in [-0.05, 0) is 51.5 Å². The first-order valence-electron chi connectivity index (χ1n) is 7.09. The molecule has 0 aromatic carbocycles. The van der Waals surface area contributed by atoms with Crippen molar-refractivity contribution in [2.75, 3.05) is 13.1 Å². The summed E-state index contributed by atoms with van der Waals surface area (Å²) in [7, 11) is -3.28. The van der Waals surface area contributed by atoms with Gasteiger partial charge < -0.3 is 5.32 Å². The van der Waals surface area contributed by atoms with Gasteiger partial charge in [0.25, 0.3) is 10.2 Å². The molecule has 6 heteroatoms. The smallest absolute Gasteiger partial charge is 0.280 e. The first-order chi connectivity index (χ1) is 8.56. The van der Waals surface area contributed by atoms with Crippen LogP contribution in [0.25, 0.3) is 0 Å². The molecule has 1 saturated carbocycles. The summed E-state index contributed by atoms with van der Waals surface area (Å²) in [4.78, 5) is 0. The van der Waals surface area contributed by atoms with E-state index in [4.69, 9.17) is 0 Å². The fraction of sp³-hybridized carbons (Fsp3) is 1.00. The second-order valence-corrected chi connectivity index (χ2v) is 7.67. The van der Waals surface area contributed by atoms with Crippen molar-refractivity contribution < 1.29 is 8.42 Å². The molecule has 4 unspecified atom stereocenters. The second-order valence-electron chi connectivity index (χ2n) is 6.02. The lowest BCUT2D eigenvalue weighted by Crippen LogP contribution is -2.56. The Balaban J connectivity index is 1.67. The van der Waals surface area contributed by atoms with Crippen molar-refractivity contribution in [2.45, 2.75) is 57.2 Å². The molecule has 5 nitrogen and oxygen atoms in total. The zero-order chi connectivity index (χ0) is 12.8. The van der Waals surface area contributed by atoms with Crippen molar-refractivity contribution >= 4 is 10.2 Å². The number of nitrogens with zero attached hydrogens (tertiary/aromatic N) is 1. The molecule has 1 aliphatic carbocycles. The third kappa shape index (κ3) is 2.31. The summed E-state index contributed by atoms with van der Waals surface area (Å²) in [5.74, 6) is 0.605. The molecule has 2 aliphatic heterocycles. The monoisotopic (exact) mass is 273 g/mol. The van der Waals surface area contributed by atoms with Gasteiger partial charge in [-0.15, -0.1) is 0 Å². The normalized spacial score (nSPS) is 41.4. The number of nitrogens with one attached hydrogen (secondary N) is 2. The van der Waals surface area contributed by atoms with Crippen LogP contribution in [0.15, 0.2) is 0 Å². The molecular formula is C12H23N3O2S. The van der Waals surface area contributed by atoms with Gasteiger partial charge in [-0.2, -0.15) is 17.4 Å². The van der Waals surface area contributed by atoms with Gasteiger partial charge in [-0.3, -0.25) is 0 Å². The minimum atomic E-state index is -3.28. The van der Waals surface area contributed by atoms with Crippen LogP contribution in [0.5, 0.6) is 0 Å². The molecule has 3 aliphatic rings. The van der Waals surface area contributed by atoms with Crippen LogP contribution >= 0.6 is 0 Å². The number of hydrogen-bond donors (Lipinski definition) is 2. The molecule has 0 aromatic heterocycles. The highest BCUT2D eigenvalue weighted by Gasteiger charge is 2.44. The fourth-order valence-electron chi connectivity index (χ4n) is 3.64. The third-order valence-corrected chi connectivity index (χ3v) is 6.40. The van der Waals surface area contributed by atoms with E-state index in [9.17, 15) is 8.42 Å². The maximum Gasteiger partial charge on any atom is 0.280 e. The lowest BCUT2D eigenvalue weighted by molar-refractivity contribution is 0.306. The van der Waals surface area contributed by atoms with Crippen molar-refractivity contribution in [3.63, 3.8) is 0 Å². The maximum atomic E-state index is 12.4. The van der Waals surface area contributed by atoms with Gasteiger partial charge in [-0.1, -0.05) is 0 Å². The summed E-state index contributed by atoms with van der Waals surface area (Å²) in [5.41, 5.74) is 0. The Bertz CT molecular complexity index is 412. The van der Waals surface area contributed by atoms with Crippen molar-refractivity contribution in [1.82, 2.24) is 14.3 Å². The Kier molecular flexibility index (Phi) is 3.38. The van der Waals surface area contributed by atoms with Gasteiger partial charge in [0.15, 0.2) is 0 Å². The molecule has 3 fully saturated rings. The molecule has 2 saturated heterocycles. The number of piperidine rings is 2. The van der Waals surface area contributed by atoms with E-state index in [1.54, 1.807) is 4.31 Å². The largest absolute Gasteiger partial charge is 0.313 e. The Morgan fingerprint density at radius 1 is 1.28 bits per heavy atom. The molecule has 104 valence electrons. The fourth-order valence-corrected chi connectivity index (χ4v) is 5.47. The van der Waals surface area contributed by atoms with Gasteiger partial charge >= 0.3 is 0 Å². The summed E-state index contributed by atoms with van der Waals surface area (Å²) in [6.07, 6.45) is 5.31. The average molecular weight is 273 g/mol. The van der Waals surface area contributed by atoms with Gasteiger partial charge in [0.05, 0.1) is 0 Å². The van der Waals surface area contributed by atoms with E-state index in [1.807, 2.05) is 0 Å². The van der Waals surface area contributed by atoms with E-state index in [0.717, 1.165) is 38.8 Å². The molecule has 18 heavy (non-hydrogen) atoms. The first-order valence-corrected chi connectivity index (χ1v) is 8.53. The topological polar surface area (TPSA) is 61.4 Å². The lowest BCUT2D eigenvalue weighted by atomic mass is 10.0. The van der Waals surface area contributed by atoms with Crippen LogP contribution in [0, 0.1) is 5.92 Å². The highest BCUT2D eigenvalue weighted by Crippen LogP contribution is 2.38. The van der Waals surface area contributed by atoms with Gasteiger partial charge in [-0.25, -0.2) is 0 Å². The van der Waals surface area contributed by atoms with Crippen LogP contribution in [-0.4, -0.2) is 43.9 Å². The van der Waals surface area contributed by atoms with Gasteiger partial charge in [0.1, 0.15) is 0 Å². The molecule has 4 atom stereocenters. The SMILES string of the molecule is CC1NCCCC1NS(=O)(=O)N1CC2CCC1C2. The van der Waals surface area contributed by atoms with E-state index in [0.29, 0.717) is 5.92 Å². The van der Waals surface area contributed by atoms with Gasteiger partial charge in [0.2, 0.25) is 0 Å². The predicted octanol–water partition coefficient (Wildman–Crippen LogP) is 0.446. The summed E-state index contributed by atoms with van der Waals surface area (Å²) in [5, 5.41) is 3.33. The van der Waals surface area contributed by atoms with Crippen molar-refractivity contribution in [3.8, 4) is 0 Å². The molecule has 3 rings (SSSR count). The molecular weight excluding hydrogens is 250 g/mol. The van der Waals surface area contributed by atoms with Crippen LogP contribution in [0.4, 0.5) is 0 Å². The zero-order valence-corrected chi connectivity index (χ0v) is 11.7. The third-order valence-electron chi connectivity index (χ3n) is 4.73. The minimum Gasteiger partial charge on any atom is -0.313 e. The highest BCUT2D eigenvalue weighted by molar-refractivity contribution is 7.87. The van der Waals surface area contributed by atoms with E-state index in [2.05, 4.69) is 17.0 Å². The standard InChI is InChI=1S/C12H23N3O2S/c1-9-12(3-2-6-13-9)14-18(16,17)15-8-10-4-5-11(15)7-10/h9-14H,2-8H2,1H3. The Morgan fingerprint density at radius 2 is 2.11 bits per heavy atom. The van der Waals surface area contributed by atoms with E-state index >= 15 is 0 Å². The Hall–Kier alpha value is -0.170. The summed E-state index contributed by atoms with van der Waals surface area (Å²) in [6, 6.07) is 0.538. The zero-order valence-electron chi connectivity index (χ0n) is 10.9. The molecule has 2 heterocycles. The minimum absolute atomic E-state index is 0.0443. The molecule has 2 bridgehead atoms. The van der Waals surface area contributed by atoms with Crippen molar-refractivity contribution in [3.05, 3.63) is 0 Å². The van der Waals surface area contributed by atoms with Crippen molar-refractivity contribution in [2.24, 2.45) is 5.92 Å². The van der Waals surface area contributed by atoms with Crippen LogP contribution in [0.2, 0.25) is 0 Å². The number of rotatable bonds is 3. The Morgan fingerprint density at radius 3 is 2.72 bits per heavy atom. The van der Waals surface area contributed by atoms with Crippen LogP contribution in [-0.2, 0) is 10.2 Å². The summed E-state index contributed by atoms with van der Waals surface area (Å²) >= 11 is 0. The summed E-state index contributed by atoms with van der Waals surface area (Å²) in [6.45, 7) is 3.78. The van der Waals surface area contributed by atoms with Crippen LogP contribution < -0.4 is 10.0 Å². The first kappa shape index (κ1) is 12.8. The van der Waals surface area contributed by atoms with Gasteiger partial charge in [0, 0.05) is 24.7 Å².